The molecule has 15 heteroatoms. The lowest BCUT2D eigenvalue weighted by molar-refractivity contribution is -0.336. The van der Waals surface area contributed by atoms with Gasteiger partial charge in [-0.15, -0.1) is 0 Å². The molecule has 12 unspecified atom stereocenters. The largest absolute Gasteiger partial charge is 0.508 e. The summed E-state index contributed by atoms with van der Waals surface area (Å²) in [6, 6.07) is 6.26. The Morgan fingerprint density at radius 3 is 2.14 bits per heavy atom. The SMILES string of the molecule is CC1OC(OCC2OC(OC3Cc4c(O)cc(O)cc4OC3c3ccc(O)c(O)c3)C(O)C(O)C2O)C(O)C(O)C1O. The number of rotatable bonds is 6. The van der Waals surface area contributed by atoms with E-state index in [1.54, 1.807) is 0 Å². The molecular formula is C27H34O15. The zero-order valence-electron chi connectivity index (χ0n) is 22.2. The van der Waals surface area contributed by atoms with Crippen molar-refractivity contribution in [3.8, 4) is 28.7 Å². The van der Waals surface area contributed by atoms with Gasteiger partial charge in [-0.3, -0.25) is 0 Å². The number of phenolic OH excluding ortho intramolecular Hbond substituents is 4. The van der Waals surface area contributed by atoms with Gasteiger partial charge >= 0.3 is 0 Å². The summed E-state index contributed by atoms with van der Waals surface area (Å²) >= 11 is 0. The average Bonchev–Trinajstić information content (AvgIpc) is 2.95. The van der Waals surface area contributed by atoms with E-state index in [1.807, 2.05) is 0 Å². The number of fused-ring (bicyclic) bond motifs is 1. The third-order valence-corrected chi connectivity index (χ3v) is 7.71. The molecule has 0 radical (unpaired) electrons. The maximum Gasteiger partial charge on any atom is 0.187 e. The summed E-state index contributed by atoms with van der Waals surface area (Å²) in [6.45, 7) is 0.960. The van der Waals surface area contributed by atoms with Crippen molar-refractivity contribution in [2.75, 3.05) is 6.61 Å². The van der Waals surface area contributed by atoms with E-state index in [9.17, 15) is 51.1 Å². The normalized spacial score (nSPS) is 38.5. The average molecular weight is 599 g/mol. The zero-order valence-corrected chi connectivity index (χ0v) is 22.2. The molecule has 0 amide bonds. The lowest BCUT2D eigenvalue weighted by atomic mass is 9.93. The summed E-state index contributed by atoms with van der Waals surface area (Å²) in [4.78, 5) is 0. The highest BCUT2D eigenvalue weighted by molar-refractivity contribution is 5.52. The van der Waals surface area contributed by atoms with Gasteiger partial charge in [0, 0.05) is 24.1 Å². The van der Waals surface area contributed by atoms with Crippen LogP contribution in [0, 0.1) is 0 Å². The van der Waals surface area contributed by atoms with Gasteiger partial charge in [0.05, 0.1) is 12.7 Å². The van der Waals surface area contributed by atoms with E-state index in [2.05, 4.69) is 0 Å². The van der Waals surface area contributed by atoms with Crippen molar-refractivity contribution in [2.24, 2.45) is 0 Å². The number of ether oxygens (including phenoxy) is 5. The molecule has 0 aliphatic carbocycles. The summed E-state index contributed by atoms with van der Waals surface area (Å²) in [6.07, 6.45) is -17.2. The zero-order chi connectivity index (χ0) is 30.5. The van der Waals surface area contributed by atoms with E-state index in [0.29, 0.717) is 5.56 Å². The smallest absolute Gasteiger partial charge is 0.187 e. The van der Waals surface area contributed by atoms with E-state index >= 15 is 0 Å². The molecule has 5 rings (SSSR count). The van der Waals surface area contributed by atoms with Gasteiger partial charge < -0.3 is 74.7 Å². The maximum atomic E-state index is 10.7. The number of hydrogen-bond acceptors (Lipinski definition) is 15. The molecule has 2 saturated heterocycles. The van der Waals surface area contributed by atoms with Crippen LogP contribution >= 0.6 is 0 Å². The highest BCUT2D eigenvalue weighted by Crippen LogP contribution is 2.44. The predicted molar refractivity (Wildman–Crippen MR) is 136 cm³/mol. The van der Waals surface area contributed by atoms with Gasteiger partial charge in [0.1, 0.15) is 66.1 Å². The summed E-state index contributed by atoms with van der Waals surface area (Å²) in [7, 11) is 0. The predicted octanol–water partition coefficient (Wildman–Crippen LogP) is -1.78. The first-order chi connectivity index (χ1) is 19.8. The van der Waals surface area contributed by atoms with Crippen molar-refractivity contribution in [2.45, 2.75) is 87.0 Å². The van der Waals surface area contributed by atoms with Crippen LogP contribution in [0.25, 0.3) is 0 Å². The van der Waals surface area contributed by atoms with Gasteiger partial charge in [0.25, 0.3) is 0 Å². The topological polar surface area (TPSA) is 248 Å². The second-order valence-electron chi connectivity index (χ2n) is 10.6. The first kappa shape index (κ1) is 30.5. The monoisotopic (exact) mass is 598 g/mol. The molecule has 2 fully saturated rings. The highest BCUT2D eigenvalue weighted by atomic mass is 16.7. The molecule has 10 N–H and O–H groups in total. The summed E-state index contributed by atoms with van der Waals surface area (Å²) in [5, 5.41) is 102. The van der Waals surface area contributed by atoms with E-state index in [4.69, 9.17) is 23.7 Å². The minimum atomic E-state index is -1.78. The molecule has 0 aromatic heterocycles. The van der Waals surface area contributed by atoms with Crippen LogP contribution in [0.3, 0.4) is 0 Å². The summed E-state index contributed by atoms with van der Waals surface area (Å²) in [5.74, 6) is -1.30. The number of aliphatic hydroxyl groups excluding tert-OH is 6. The Labute approximate surface area is 238 Å². The van der Waals surface area contributed by atoms with Crippen molar-refractivity contribution >= 4 is 0 Å². The van der Waals surface area contributed by atoms with Crippen molar-refractivity contribution in [3.05, 3.63) is 41.5 Å². The fourth-order valence-corrected chi connectivity index (χ4v) is 5.25. The van der Waals surface area contributed by atoms with Gasteiger partial charge in [-0.2, -0.15) is 0 Å². The Morgan fingerprint density at radius 1 is 0.738 bits per heavy atom. The van der Waals surface area contributed by atoms with Gasteiger partial charge in [0.2, 0.25) is 0 Å². The van der Waals surface area contributed by atoms with Crippen LogP contribution in [0.2, 0.25) is 0 Å². The third kappa shape index (κ3) is 5.80. The first-order valence-electron chi connectivity index (χ1n) is 13.3. The Kier molecular flexibility index (Phi) is 8.69. The third-order valence-electron chi connectivity index (χ3n) is 7.71. The molecule has 15 nitrogen and oxygen atoms in total. The number of aliphatic hydroxyl groups is 6. The lowest BCUT2D eigenvalue weighted by Gasteiger charge is -2.44. The van der Waals surface area contributed by atoms with Crippen LogP contribution in [-0.2, 0) is 25.4 Å². The van der Waals surface area contributed by atoms with E-state index in [-0.39, 0.29) is 29.2 Å². The number of phenols is 4. The minimum Gasteiger partial charge on any atom is -0.508 e. The van der Waals surface area contributed by atoms with Crippen molar-refractivity contribution in [1.29, 1.82) is 0 Å². The highest BCUT2D eigenvalue weighted by Gasteiger charge is 2.48. The number of aromatic hydroxyl groups is 4. The summed E-state index contributed by atoms with van der Waals surface area (Å²) in [5.41, 5.74) is 0.564. The Hall–Kier alpha value is -2.96. The maximum absolute atomic E-state index is 10.7. The molecule has 0 spiro atoms. The molecule has 42 heavy (non-hydrogen) atoms. The second kappa shape index (κ2) is 12.0. The Bertz CT molecular complexity index is 1260. The van der Waals surface area contributed by atoms with Gasteiger partial charge in [-0.25, -0.2) is 0 Å². The van der Waals surface area contributed by atoms with Crippen molar-refractivity contribution < 1.29 is 74.7 Å². The van der Waals surface area contributed by atoms with E-state index < -0.39 is 91.7 Å². The molecule has 3 aliphatic heterocycles. The number of hydrogen-bond donors (Lipinski definition) is 10. The molecule has 3 aliphatic rings. The van der Waals surface area contributed by atoms with E-state index in [1.165, 1.54) is 31.2 Å². The molecule has 2 aromatic carbocycles. The fraction of sp³-hybridized carbons (Fsp3) is 0.556. The molecule has 2 aromatic rings. The van der Waals surface area contributed by atoms with Crippen LogP contribution in [0.15, 0.2) is 30.3 Å². The van der Waals surface area contributed by atoms with E-state index in [0.717, 1.165) is 6.07 Å². The lowest BCUT2D eigenvalue weighted by Crippen LogP contribution is -2.61. The van der Waals surface area contributed by atoms with Crippen LogP contribution in [0.5, 0.6) is 28.7 Å². The quantitative estimate of drug-likeness (QED) is 0.165. The molecule has 12 atom stereocenters. The van der Waals surface area contributed by atoms with Crippen molar-refractivity contribution in [3.63, 3.8) is 0 Å². The van der Waals surface area contributed by atoms with Crippen LogP contribution < -0.4 is 4.74 Å². The van der Waals surface area contributed by atoms with Crippen molar-refractivity contribution in [1.82, 2.24) is 0 Å². The Balaban J connectivity index is 1.36. The van der Waals surface area contributed by atoms with Crippen LogP contribution in [0.4, 0.5) is 0 Å². The van der Waals surface area contributed by atoms with Crippen LogP contribution in [-0.4, -0.2) is 125 Å². The number of benzene rings is 2. The standard InChI is InChI=1S/C27H34O15/c1-9-19(32)21(34)23(36)26(39-9)38-8-18-20(33)22(35)24(37)27(42-18)41-17-7-12-14(30)5-11(28)6-16(12)40-25(17)10-2-3-13(29)15(31)4-10/h2-6,9,17-37H,7-8H2,1H3. The summed E-state index contributed by atoms with van der Waals surface area (Å²) < 4.78 is 28.7. The van der Waals surface area contributed by atoms with Gasteiger partial charge in [0.15, 0.2) is 30.2 Å². The van der Waals surface area contributed by atoms with Crippen LogP contribution in [0.1, 0.15) is 24.2 Å². The van der Waals surface area contributed by atoms with Gasteiger partial charge in [-0.1, -0.05) is 6.07 Å². The molecule has 0 bridgehead atoms. The molecule has 3 heterocycles. The van der Waals surface area contributed by atoms with Gasteiger partial charge in [-0.05, 0) is 24.6 Å². The first-order valence-corrected chi connectivity index (χ1v) is 13.3. The molecule has 232 valence electrons. The minimum absolute atomic E-state index is 0.0552. The fourth-order valence-electron chi connectivity index (χ4n) is 5.25. The Morgan fingerprint density at radius 2 is 1.43 bits per heavy atom. The molecular weight excluding hydrogens is 564 g/mol. The molecule has 0 saturated carbocycles. The second-order valence-corrected chi connectivity index (χ2v) is 10.6.